The van der Waals surface area contributed by atoms with Gasteiger partial charge in [0.15, 0.2) is 0 Å². The van der Waals surface area contributed by atoms with Crippen molar-refractivity contribution >= 4 is 11.6 Å². The molecule has 1 aromatic heterocycles. The Morgan fingerprint density at radius 3 is 2.50 bits per heavy atom. The topological polar surface area (TPSA) is 50.9 Å². The minimum atomic E-state index is -0.303. The number of nitrogens with two attached hydrogens (primary N) is 1. The maximum atomic E-state index is 13.3. The summed E-state index contributed by atoms with van der Waals surface area (Å²) >= 11 is 6.10. The smallest absolute Gasteiger partial charge is 0.123 e. The standard InChI is InChI=1S/C15H17ClFN3/c1-9-5-12(6-10(2)19-9)15(20-18)8-11-7-13(17)3-4-14(11)16/h3-7,15,20H,8,18H2,1-2H3. The molecule has 0 bridgehead atoms. The van der Waals surface area contributed by atoms with Crippen LogP contribution in [0, 0.1) is 19.7 Å². The molecule has 0 radical (unpaired) electrons. The maximum Gasteiger partial charge on any atom is 0.123 e. The quantitative estimate of drug-likeness (QED) is 0.672. The summed E-state index contributed by atoms with van der Waals surface area (Å²) in [4.78, 5) is 4.34. The second-order valence-electron chi connectivity index (χ2n) is 4.84. The van der Waals surface area contributed by atoms with Crippen LogP contribution in [0.15, 0.2) is 30.3 Å². The van der Waals surface area contributed by atoms with Crippen molar-refractivity contribution in [2.24, 2.45) is 5.84 Å². The zero-order chi connectivity index (χ0) is 14.7. The fraction of sp³-hybridized carbons (Fsp3) is 0.267. The van der Waals surface area contributed by atoms with Gasteiger partial charge in [-0.25, -0.2) is 4.39 Å². The number of aromatic nitrogens is 1. The molecular weight excluding hydrogens is 277 g/mol. The number of nitrogens with zero attached hydrogens (tertiary/aromatic N) is 1. The summed E-state index contributed by atoms with van der Waals surface area (Å²) in [7, 11) is 0. The molecule has 20 heavy (non-hydrogen) atoms. The zero-order valence-electron chi connectivity index (χ0n) is 11.5. The number of halogens is 2. The van der Waals surface area contributed by atoms with Crippen LogP contribution in [0.25, 0.3) is 0 Å². The van der Waals surface area contributed by atoms with Gasteiger partial charge in [-0.3, -0.25) is 16.3 Å². The molecule has 1 atom stereocenters. The molecule has 0 aliphatic rings. The number of benzene rings is 1. The Morgan fingerprint density at radius 1 is 1.25 bits per heavy atom. The Morgan fingerprint density at radius 2 is 1.90 bits per heavy atom. The molecule has 3 N–H and O–H groups in total. The van der Waals surface area contributed by atoms with Crippen molar-refractivity contribution in [3.05, 3.63) is 63.7 Å². The van der Waals surface area contributed by atoms with Gasteiger partial charge in [0.2, 0.25) is 0 Å². The van der Waals surface area contributed by atoms with Gasteiger partial charge < -0.3 is 0 Å². The lowest BCUT2D eigenvalue weighted by Crippen LogP contribution is -2.30. The van der Waals surface area contributed by atoms with Crippen LogP contribution < -0.4 is 11.3 Å². The highest BCUT2D eigenvalue weighted by molar-refractivity contribution is 6.31. The predicted octanol–water partition coefficient (Wildman–Crippen LogP) is 3.24. The molecular formula is C15H17ClFN3. The lowest BCUT2D eigenvalue weighted by atomic mass is 9.99. The fourth-order valence-electron chi connectivity index (χ4n) is 2.26. The Kier molecular flexibility index (Phi) is 4.70. The molecule has 2 aromatic rings. The van der Waals surface area contributed by atoms with E-state index in [0.717, 1.165) is 22.5 Å². The van der Waals surface area contributed by atoms with Crippen LogP contribution in [-0.2, 0) is 6.42 Å². The first-order valence-electron chi connectivity index (χ1n) is 6.35. The van der Waals surface area contributed by atoms with Crippen molar-refractivity contribution < 1.29 is 4.39 Å². The zero-order valence-corrected chi connectivity index (χ0v) is 12.2. The molecule has 3 nitrogen and oxygen atoms in total. The fourth-order valence-corrected chi connectivity index (χ4v) is 2.46. The van der Waals surface area contributed by atoms with E-state index in [2.05, 4.69) is 10.4 Å². The van der Waals surface area contributed by atoms with E-state index in [0.29, 0.717) is 11.4 Å². The van der Waals surface area contributed by atoms with Gasteiger partial charge in [-0.1, -0.05) is 11.6 Å². The maximum absolute atomic E-state index is 13.3. The number of hydrazine groups is 1. The van der Waals surface area contributed by atoms with E-state index >= 15 is 0 Å². The molecule has 0 spiro atoms. The number of aryl methyl sites for hydroxylation is 2. The van der Waals surface area contributed by atoms with Crippen molar-refractivity contribution in [2.75, 3.05) is 0 Å². The van der Waals surface area contributed by atoms with Crippen LogP contribution in [0.2, 0.25) is 5.02 Å². The van der Waals surface area contributed by atoms with E-state index in [1.54, 1.807) is 6.07 Å². The van der Waals surface area contributed by atoms with Crippen LogP contribution in [0.4, 0.5) is 4.39 Å². The summed E-state index contributed by atoms with van der Waals surface area (Å²) in [6, 6.07) is 8.12. The van der Waals surface area contributed by atoms with Crippen molar-refractivity contribution in [1.82, 2.24) is 10.4 Å². The number of hydrogen-bond donors (Lipinski definition) is 2. The van der Waals surface area contributed by atoms with E-state index in [4.69, 9.17) is 17.4 Å². The second kappa shape index (κ2) is 6.31. The second-order valence-corrected chi connectivity index (χ2v) is 5.25. The largest absolute Gasteiger partial charge is 0.271 e. The molecule has 0 fully saturated rings. The third kappa shape index (κ3) is 3.54. The molecule has 0 aliphatic carbocycles. The summed E-state index contributed by atoms with van der Waals surface area (Å²) in [5.41, 5.74) is 6.34. The monoisotopic (exact) mass is 293 g/mol. The van der Waals surface area contributed by atoms with Crippen LogP contribution in [0.1, 0.15) is 28.6 Å². The normalized spacial score (nSPS) is 12.4. The third-order valence-electron chi connectivity index (χ3n) is 3.14. The van der Waals surface area contributed by atoms with Gasteiger partial charge in [-0.05, 0) is 61.7 Å². The summed E-state index contributed by atoms with van der Waals surface area (Å²) < 4.78 is 13.3. The SMILES string of the molecule is Cc1cc(C(Cc2cc(F)ccc2Cl)NN)cc(C)n1. The van der Waals surface area contributed by atoms with Crippen molar-refractivity contribution in [1.29, 1.82) is 0 Å². The highest BCUT2D eigenvalue weighted by Crippen LogP contribution is 2.24. The van der Waals surface area contributed by atoms with E-state index in [9.17, 15) is 4.39 Å². The lowest BCUT2D eigenvalue weighted by Gasteiger charge is -2.18. The van der Waals surface area contributed by atoms with E-state index in [1.165, 1.54) is 12.1 Å². The third-order valence-corrected chi connectivity index (χ3v) is 3.51. The molecule has 1 aromatic carbocycles. The number of hydrogen-bond acceptors (Lipinski definition) is 3. The van der Waals surface area contributed by atoms with Crippen LogP contribution in [0.5, 0.6) is 0 Å². The summed E-state index contributed by atoms with van der Waals surface area (Å²) in [6.45, 7) is 3.86. The average Bonchev–Trinajstić information content (AvgIpc) is 2.38. The summed E-state index contributed by atoms with van der Waals surface area (Å²) in [5, 5.41) is 0.536. The van der Waals surface area contributed by atoms with Crippen molar-refractivity contribution in [3.63, 3.8) is 0 Å². The minimum Gasteiger partial charge on any atom is -0.271 e. The van der Waals surface area contributed by atoms with Crippen LogP contribution in [-0.4, -0.2) is 4.98 Å². The molecule has 0 amide bonds. The van der Waals surface area contributed by atoms with Crippen LogP contribution in [0.3, 0.4) is 0 Å². The van der Waals surface area contributed by atoms with Crippen LogP contribution >= 0.6 is 11.6 Å². The van der Waals surface area contributed by atoms with Gasteiger partial charge in [0.05, 0.1) is 6.04 Å². The highest BCUT2D eigenvalue weighted by atomic mass is 35.5. The van der Waals surface area contributed by atoms with Gasteiger partial charge in [-0.15, -0.1) is 0 Å². The summed E-state index contributed by atoms with van der Waals surface area (Å²) in [5.74, 6) is 5.33. The Bertz CT molecular complexity index is 596. The Balaban J connectivity index is 2.30. The minimum absolute atomic E-state index is 0.144. The molecule has 1 heterocycles. The van der Waals surface area contributed by atoms with Crippen molar-refractivity contribution in [2.45, 2.75) is 26.3 Å². The molecule has 2 rings (SSSR count). The molecule has 1 unspecified atom stereocenters. The van der Waals surface area contributed by atoms with Gasteiger partial charge >= 0.3 is 0 Å². The number of pyridine rings is 1. The van der Waals surface area contributed by atoms with Crippen molar-refractivity contribution in [3.8, 4) is 0 Å². The van der Waals surface area contributed by atoms with E-state index < -0.39 is 0 Å². The molecule has 0 saturated carbocycles. The van der Waals surface area contributed by atoms with Gasteiger partial charge in [0, 0.05) is 16.4 Å². The molecule has 5 heteroatoms. The molecule has 0 aliphatic heterocycles. The first-order chi connectivity index (χ1) is 9.49. The molecule has 106 valence electrons. The Labute approximate surface area is 122 Å². The predicted molar refractivity (Wildman–Crippen MR) is 78.9 cm³/mol. The Hall–Kier alpha value is -1.49. The number of nitrogens with one attached hydrogen (secondary N) is 1. The molecule has 0 saturated heterocycles. The van der Waals surface area contributed by atoms with Gasteiger partial charge in [0.25, 0.3) is 0 Å². The van der Waals surface area contributed by atoms with Gasteiger partial charge in [0.1, 0.15) is 5.82 Å². The average molecular weight is 294 g/mol. The first kappa shape index (κ1) is 14.9. The summed E-state index contributed by atoms with van der Waals surface area (Å²) in [6.07, 6.45) is 0.510. The first-order valence-corrected chi connectivity index (χ1v) is 6.72. The van der Waals surface area contributed by atoms with E-state index in [-0.39, 0.29) is 11.9 Å². The highest BCUT2D eigenvalue weighted by Gasteiger charge is 2.14. The van der Waals surface area contributed by atoms with Gasteiger partial charge in [-0.2, -0.15) is 0 Å². The number of rotatable bonds is 4. The van der Waals surface area contributed by atoms with E-state index in [1.807, 2.05) is 26.0 Å². The lowest BCUT2D eigenvalue weighted by molar-refractivity contribution is 0.547.